The molecule has 0 saturated carbocycles. The molecule has 3 rings (SSSR count). The standard InChI is InChI=1S/C31H49N3O5/c1-23-24(2)29(38-6)13-12-28(23)25(3)32-16-14-27(15-17-32)34(19-21-37-5)31(35)33(18-20-36-4)22-26-10-8-9-11-30(26)39-7/h8-13,25-27,30H,14-22H2,1-7H3. The highest BCUT2D eigenvalue weighted by Crippen LogP contribution is 2.32. The summed E-state index contributed by atoms with van der Waals surface area (Å²) in [6.07, 6.45) is 10.0. The van der Waals surface area contributed by atoms with Gasteiger partial charge in [0.15, 0.2) is 0 Å². The van der Waals surface area contributed by atoms with E-state index in [0.717, 1.165) is 31.7 Å². The lowest BCUT2D eigenvalue weighted by Crippen LogP contribution is -2.54. The smallest absolute Gasteiger partial charge is 0.320 e. The maximum absolute atomic E-state index is 14.0. The second-order valence-electron chi connectivity index (χ2n) is 10.6. The number of allylic oxidation sites excluding steroid dienone is 2. The average molecular weight is 544 g/mol. The van der Waals surface area contributed by atoms with Crippen molar-refractivity contribution in [2.75, 3.05) is 74.4 Å². The van der Waals surface area contributed by atoms with Crippen molar-refractivity contribution in [3.8, 4) is 5.75 Å². The number of hydrogen-bond donors (Lipinski definition) is 0. The van der Waals surface area contributed by atoms with E-state index in [1.807, 2.05) is 22.0 Å². The number of carbonyl (C=O) groups is 1. The number of amides is 2. The molecule has 8 heteroatoms. The molecule has 1 aromatic rings. The van der Waals surface area contributed by atoms with E-state index in [1.165, 1.54) is 16.7 Å². The molecule has 1 aliphatic carbocycles. The number of benzene rings is 1. The number of rotatable bonds is 13. The van der Waals surface area contributed by atoms with Gasteiger partial charge in [0.2, 0.25) is 0 Å². The molecule has 0 bridgehead atoms. The molecule has 0 aromatic heterocycles. The maximum Gasteiger partial charge on any atom is 0.320 e. The van der Waals surface area contributed by atoms with Crippen molar-refractivity contribution < 1.29 is 23.7 Å². The molecule has 1 fully saturated rings. The Hall–Kier alpha value is -2.39. The van der Waals surface area contributed by atoms with E-state index in [4.69, 9.17) is 18.9 Å². The highest BCUT2D eigenvalue weighted by molar-refractivity contribution is 5.75. The molecule has 218 valence electrons. The van der Waals surface area contributed by atoms with E-state index in [2.05, 4.69) is 50.0 Å². The highest BCUT2D eigenvalue weighted by atomic mass is 16.5. The van der Waals surface area contributed by atoms with Gasteiger partial charge in [0.1, 0.15) is 5.75 Å². The van der Waals surface area contributed by atoms with E-state index in [1.54, 1.807) is 28.4 Å². The van der Waals surface area contributed by atoms with Gasteiger partial charge >= 0.3 is 6.03 Å². The number of carbonyl (C=O) groups excluding carboxylic acids is 1. The fraction of sp³-hybridized carbons (Fsp3) is 0.645. The molecule has 2 amide bonds. The van der Waals surface area contributed by atoms with E-state index in [-0.39, 0.29) is 24.1 Å². The molecule has 3 atom stereocenters. The van der Waals surface area contributed by atoms with Gasteiger partial charge in [0, 0.05) is 72.1 Å². The quantitative estimate of drug-likeness (QED) is 0.362. The SMILES string of the molecule is COCCN(CC1C=CC=CC1OC)C(=O)N(CCOC)C1CCN(C(C)c2ccc(OC)c(C)c2C)CC1. The normalized spacial score (nSPS) is 20.7. The first-order valence-electron chi connectivity index (χ1n) is 14.2. The van der Waals surface area contributed by atoms with Crippen LogP contribution in [0.2, 0.25) is 0 Å². The minimum atomic E-state index is -0.0463. The highest BCUT2D eigenvalue weighted by Gasteiger charge is 2.33. The van der Waals surface area contributed by atoms with Crippen molar-refractivity contribution in [3.63, 3.8) is 0 Å². The van der Waals surface area contributed by atoms with Crippen molar-refractivity contribution >= 4 is 6.03 Å². The molecular weight excluding hydrogens is 494 g/mol. The zero-order chi connectivity index (χ0) is 28.4. The second-order valence-corrected chi connectivity index (χ2v) is 10.6. The first kappa shape index (κ1) is 31.1. The topological polar surface area (TPSA) is 63.7 Å². The van der Waals surface area contributed by atoms with E-state index in [0.29, 0.717) is 38.9 Å². The van der Waals surface area contributed by atoms with Crippen molar-refractivity contribution in [1.29, 1.82) is 0 Å². The van der Waals surface area contributed by atoms with Gasteiger partial charge in [-0.05, 0) is 56.4 Å². The van der Waals surface area contributed by atoms with Crippen LogP contribution in [0.25, 0.3) is 0 Å². The molecule has 8 nitrogen and oxygen atoms in total. The largest absolute Gasteiger partial charge is 0.496 e. The third-order valence-corrected chi connectivity index (χ3v) is 8.45. The van der Waals surface area contributed by atoms with Gasteiger partial charge in [-0.15, -0.1) is 0 Å². The summed E-state index contributed by atoms with van der Waals surface area (Å²) in [4.78, 5) is 20.5. The Morgan fingerprint density at radius 1 is 0.974 bits per heavy atom. The van der Waals surface area contributed by atoms with Crippen molar-refractivity contribution in [1.82, 2.24) is 14.7 Å². The average Bonchev–Trinajstić information content (AvgIpc) is 2.96. The maximum atomic E-state index is 14.0. The third kappa shape index (κ3) is 7.84. The van der Waals surface area contributed by atoms with Gasteiger partial charge in [-0.1, -0.05) is 30.4 Å². The minimum Gasteiger partial charge on any atom is -0.496 e. The molecule has 39 heavy (non-hydrogen) atoms. The predicted molar refractivity (Wildman–Crippen MR) is 155 cm³/mol. The zero-order valence-electron chi connectivity index (χ0n) is 25.0. The van der Waals surface area contributed by atoms with Gasteiger partial charge < -0.3 is 28.7 Å². The first-order chi connectivity index (χ1) is 18.9. The summed E-state index contributed by atoms with van der Waals surface area (Å²) in [5.41, 5.74) is 3.82. The Balaban J connectivity index is 1.71. The fourth-order valence-corrected chi connectivity index (χ4v) is 5.85. The number of ether oxygens (including phenoxy) is 4. The third-order valence-electron chi connectivity index (χ3n) is 8.45. The van der Waals surface area contributed by atoms with Crippen LogP contribution in [0.3, 0.4) is 0 Å². The summed E-state index contributed by atoms with van der Waals surface area (Å²) >= 11 is 0. The van der Waals surface area contributed by atoms with Crippen LogP contribution in [0.4, 0.5) is 4.79 Å². The summed E-state index contributed by atoms with van der Waals surface area (Å²) in [5.74, 6) is 1.04. The molecule has 2 aliphatic rings. The molecule has 1 saturated heterocycles. The molecular formula is C31H49N3O5. The van der Waals surface area contributed by atoms with Crippen LogP contribution < -0.4 is 4.74 Å². The lowest BCUT2D eigenvalue weighted by Gasteiger charge is -2.43. The second kappa shape index (κ2) is 15.4. The monoisotopic (exact) mass is 543 g/mol. The molecule has 3 unspecified atom stereocenters. The van der Waals surface area contributed by atoms with Crippen LogP contribution in [0.1, 0.15) is 42.5 Å². The summed E-state index contributed by atoms with van der Waals surface area (Å²) in [5, 5.41) is 0. The Labute approximate surface area is 235 Å². The van der Waals surface area contributed by atoms with Crippen LogP contribution >= 0.6 is 0 Å². The van der Waals surface area contributed by atoms with E-state index in [9.17, 15) is 4.79 Å². The number of likely N-dealkylation sites (tertiary alicyclic amines) is 1. The molecule has 1 aromatic carbocycles. The molecule has 1 aliphatic heterocycles. The Bertz CT molecular complexity index is 973. The number of hydrogen-bond acceptors (Lipinski definition) is 6. The van der Waals surface area contributed by atoms with Gasteiger partial charge in [-0.25, -0.2) is 4.79 Å². The van der Waals surface area contributed by atoms with Crippen LogP contribution in [-0.4, -0.2) is 107 Å². The predicted octanol–water partition coefficient (Wildman–Crippen LogP) is 4.61. The van der Waals surface area contributed by atoms with Crippen molar-refractivity contribution in [3.05, 3.63) is 53.1 Å². The van der Waals surface area contributed by atoms with Crippen LogP contribution in [0.15, 0.2) is 36.4 Å². The number of urea groups is 1. The van der Waals surface area contributed by atoms with Crippen molar-refractivity contribution in [2.45, 2.75) is 51.8 Å². The van der Waals surface area contributed by atoms with Crippen molar-refractivity contribution in [2.24, 2.45) is 5.92 Å². The van der Waals surface area contributed by atoms with Gasteiger partial charge in [0.25, 0.3) is 0 Å². The Kier molecular flexibility index (Phi) is 12.3. The van der Waals surface area contributed by atoms with Crippen LogP contribution in [0.5, 0.6) is 5.75 Å². The molecule has 0 spiro atoms. The Morgan fingerprint density at radius 3 is 2.28 bits per heavy atom. The summed E-state index contributed by atoms with van der Waals surface area (Å²) in [7, 11) is 6.81. The number of methoxy groups -OCH3 is 4. The minimum absolute atomic E-state index is 0.0463. The van der Waals surface area contributed by atoms with Gasteiger partial charge in [0.05, 0.1) is 26.4 Å². The summed E-state index contributed by atoms with van der Waals surface area (Å²) in [6, 6.07) is 4.79. The fourth-order valence-electron chi connectivity index (χ4n) is 5.85. The zero-order valence-corrected chi connectivity index (χ0v) is 25.0. The lowest BCUT2D eigenvalue weighted by atomic mass is 9.94. The van der Waals surface area contributed by atoms with E-state index < -0.39 is 0 Å². The molecule has 1 heterocycles. The number of piperidine rings is 1. The Morgan fingerprint density at radius 2 is 1.64 bits per heavy atom. The lowest BCUT2D eigenvalue weighted by molar-refractivity contribution is 0.0514. The van der Waals surface area contributed by atoms with E-state index >= 15 is 0 Å². The van der Waals surface area contributed by atoms with Gasteiger partial charge in [-0.3, -0.25) is 4.90 Å². The molecule has 0 N–H and O–H groups in total. The van der Waals surface area contributed by atoms with Crippen LogP contribution in [-0.2, 0) is 14.2 Å². The van der Waals surface area contributed by atoms with Crippen LogP contribution in [0, 0.1) is 19.8 Å². The summed E-state index contributed by atoms with van der Waals surface area (Å²) in [6.45, 7) is 11.2. The first-order valence-corrected chi connectivity index (χ1v) is 14.2. The van der Waals surface area contributed by atoms with Gasteiger partial charge in [-0.2, -0.15) is 0 Å². The molecule has 0 radical (unpaired) electrons. The summed E-state index contributed by atoms with van der Waals surface area (Å²) < 4.78 is 22.0. The number of nitrogens with zero attached hydrogens (tertiary/aromatic N) is 3.